The first-order chi connectivity index (χ1) is 11.8. The number of sulfonamides is 1. The lowest BCUT2D eigenvalue weighted by atomic mass is 10.0. The second-order valence-electron chi connectivity index (χ2n) is 6.17. The van der Waals surface area contributed by atoms with Crippen molar-refractivity contribution in [3.05, 3.63) is 35.9 Å². The van der Waals surface area contributed by atoms with Crippen molar-refractivity contribution in [3.8, 4) is 0 Å². The number of rotatable bonds is 9. The smallest absolute Gasteiger partial charge is 0.244 e. The number of benzene rings is 1. The molecule has 0 fully saturated rings. The first-order valence-electron chi connectivity index (χ1n) is 8.84. The highest BCUT2D eigenvalue weighted by Gasteiger charge is 2.20. The van der Waals surface area contributed by atoms with Crippen LogP contribution in [0.1, 0.15) is 46.6 Å². The van der Waals surface area contributed by atoms with Crippen LogP contribution in [0.5, 0.6) is 0 Å². The monoisotopic (exact) mass is 366 g/mol. The van der Waals surface area contributed by atoms with E-state index >= 15 is 0 Å². The Morgan fingerprint density at radius 3 is 2.16 bits per heavy atom. The molecule has 0 aliphatic carbocycles. The zero-order valence-corrected chi connectivity index (χ0v) is 16.6. The average Bonchev–Trinajstić information content (AvgIpc) is 2.60. The summed E-state index contributed by atoms with van der Waals surface area (Å²) in [6.07, 6.45) is 4.17. The van der Waals surface area contributed by atoms with Gasteiger partial charge in [-0.1, -0.05) is 46.2 Å². The Kier molecular flexibility index (Phi) is 8.32. The first-order valence-corrected chi connectivity index (χ1v) is 10.3. The third-order valence-electron chi connectivity index (χ3n) is 4.52. The first kappa shape index (κ1) is 21.4. The van der Waals surface area contributed by atoms with Gasteiger partial charge in [-0.15, -0.1) is 0 Å². The van der Waals surface area contributed by atoms with E-state index in [0.717, 1.165) is 12.0 Å². The van der Waals surface area contributed by atoms with Gasteiger partial charge in [0.15, 0.2) is 0 Å². The van der Waals surface area contributed by atoms with Crippen LogP contribution in [0.4, 0.5) is 0 Å². The number of carbonyl (C=O) groups excluding carboxylic acids is 1. The summed E-state index contributed by atoms with van der Waals surface area (Å²) in [6, 6.07) is 6.68. The number of nitrogens with zero attached hydrogens (tertiary/aromatic N) is 1. The summed E-state index contributed by atoms with van der Waals surface area (Å²) in [6.45, 7) is 10.7. The fraction of sp³-hybridized carbons (Fsp3) is 0.526. The molecule has 140 valence electrons. The molecule has 0 aliphatic heterocycles. The van der Waals surface area contributed by atoms with Crippen LogP contribution in [0.25, 0.3) is 6.08 Å². The van der Waals surface area contributed by atoms with Crippen molar-refractivity contribution < 1.29 is 13.2 Å². The Bertz CT molecular complexity index is 677. The lowest BCUT2D eigenvalue weighted by molar-refractivity contribution is -0.117. The van der Waals surface area contributed by atoms with Crippen LogP contribution in [0, 0.1) is 5.92 Å². The molecule has 1 rings (SSSR count). The summed E-state index contributed by atoms with van der Waals surface area (Å²) < 4.78 is 26.3. The summed E-state index contributed by atoms with van der Waals surface area (Å²) >= 11 is 0. The van der Waals surface area contributed by atoms with Gasteiger partial charge >= 0.3 is 0 Å². The summed E-state index contributed by atoms with van der Waals surface area (Å²) in [7, 11) is -3.45. The second-order valence-corrected chi connectivity index (χ2v) is 8.11. The molecule has 0 heterocycles. The third-order valence-corrected chi connectivity index (χ3v) is 6.58. The van der Waals surface area contributed by atoms with Crippen LogP contribution in [-0.2, 0) is 14.8 Å². The summed E-state index contributed by atoms with van der Waals surface area (Å²) in [4.78, 5) is 12.2. The highest BCUT2D eigenvalue weighted by molar-refractivity contribution is 7.89. The van der Waals surface area contributed by atoms with Crippen molar-refractivity contribution in [2.24, 2.45) is 5.92 Å². The van der Waals surface area contributed by atoms with Gasteiger partial charge < -0.3 is 5.32 Å². The molecule has 0 aliphatic rings. The lowest BCUT2D eigenvalue weighted by Crippen LogP contribution is -2.35. The van der Waals surface area contributed by atoms with E-state index in [4.69, 9.17) is 0 Å². The highest BCUT2D eigenvalue weighted by Crippen LogP contribution is 2.16. The van der Waals surface area contributed by atoms with Crippen LogP contribution in [0.2, 0.25) is 0 Å². The Labute approximate surface area is 152 Å². The van der Waals surface area contributed by atoms with E-state index < -0.39 is 10.0 Å². The van der Waals surface area contributed by atoms with Crippen molar-refractivity contribution in [2.45, 2.75) is 52.0 Å². The molecule has 0 bridgehead atoms. The zero-order chi connectivity index (χ0) is 19.0. The van der Waals surface area contributed by atoms with Gasteiger partial charge in [-0.3, -0.25) is 4.79 Å². The molecule has 0 saturated carbocycles. The predicted molar refractivity (Wildman–Crippen MR) is 103 cm³/mol. The molecule has 1 amide bonds. The quantitative estimate of drug-likeness (QED) is 0.682. The number of carbonyl (C=O) groups is 1. The van der Waals surface area contributed by atoms with Crippen molar-refractivity contribution in [1.29, 1.82) is 0 Å². The Morgan fingerprint density at radius 1 is 1.12 bits per heavy atom. The van der Waals surface area contributed by atoms with Crippen LogP contribution < -0.4 is 5.32 Å². The van der Waals surface area contributed by atoms with Gasteiger partial charge in [-0.2, -0.15) is 4.31 Å². The van der Waals surface area contributed by atoms with Crippen LogP contribution >= 0.6 is 0 Å². The second kappa shape index (κ2) is 9.73. The molecule has 1 N–H and O–H groups in total. The largest absolute Gasteiger partial charge is 0.350 e. The van der Waals surface area contributed by atoms with Crippen LogP contribution in [0.15, 0.2) is 35.2 Å². The molecule has 2 atom stereocenters. The van der Waals surface area contributed by atoms with E-state index in [0.29, 0.717) is 19.0 Å². The molecule has 6 heteroatoms. The van der Waals surface area contributed by atoms with Gasteiger partial charge in [0.05, 0.1) is 4.90 Å². The minimum absolute atomic E-state index is 0.115. The van der Waals surface area contributed by atoms with Gasteiger partial charge in [0.25, 0.3) is 0 Å². The van der Waals surface area contributed by atoms with Crippen molar-refractivity contribution in [3.63, 3.8) is 0 Å². The Morgan fingerprint density at radius 2 is 1.68 bits per heavy atom. The summed E-state index contributed by atoms with van der Waals surface area (Å²) in [5.41, 5.74) is 0.782. The Balaban J connectivity index is 2.79. The normalized spacial score (nSPS) is 14.6. The Hall–Kier alpha value is -1.66. The van der Waals surface area contributed by atoms with E-state index in [1.807, 2.05) is 20.8 Å². The third kappa shape index (κ3) is 5.97. The number of hydrogen-bond donors (Lipinski definition) is 1. The van der Waals surface area contributed by atoms with E-state index in [9.17, 15) is 13.2 Å². The van der Waals surface area contributed by atoms with Gasteiger partial charge in [0.1, 0.15) is 0 Å². The molecule has 0 radical (unpaired) electrons. The van der Waals surface area contributed by atoms with Crippen molar-refractivity contribution in [1.82, 2.24) is 9.62 Å². The highest BCUT2D eigenvalue weighted by atomic mass is 32.2. The molecule has 0 saturated heterocycles. The van der Waals surface area contributed by atoms with E-state index in [1.54, 1.807) is 30.3 Å². The predicted octanol–water partition coefficient (Wildman–Crippen LogP) is 3.28. The molecule has 1 aromatic carbocycles. The molecule has 25 heavy (non-hydrogen) atoms. The molecule has 5 nitrogen and oxygen atoms in total. The minimum Gasteiger partial charge on any atom is -0.350 e. The number of amides is 1. The van der Waals surface area contributed by atoms with Crippen LogP contribution in [0.3, 0.4) is 0 Å². The van der Waals surface area contributed by atoms with E-state index in [1.165, 1.54) is 10.4 Å². The number of hydrogen-bond acceptors (Lipinski definition) is 3. The lowest BCUT2D eigenvalue weighted by Gasteiger charge is -2.18. The van der Waals surface area contributed by atoms with E-state index in [-0.39, 0.29) is 16.8 Å². The summed E-state index contributed by atoms with van der Waals surface area (Å²) in [5.74, 6) is 0.273. The van der Waals surface area contributed by atoms with Gasteiger partial charge in [0.2, 0.25) is 15.9 Å². The fourth-order valence-corrected chi connectivity index (χ4v) is 3.86. The maximum absolute atomic E-state index is 12.4. The topological polar surface area (TPSA) is 66.5 Å². The molecule has 2 unspecified atom stereocenters. The standard InChI is InChI=1S/C19H30N2O3S/c1-6-15(4)16(5)20-19(22)14-11-17-9-12-18(13-10-17)25(23,24)21(7-2)8-3/h9-16H,6-8H2,1-5H3,(H,20,22). The van der Waals surface area contributed by atoms with Gasteiger partial charge in [-0.25, -0.2) is 8.42 Å². The van der Waals surface area contributed by atoms with Crippen molar-refractivity contribution >= 4 is 22.0 Å². The van der Waals surface area contributed by atoms with Gasteiger partial charge in [-0.05, 0) is 36.6 Å². The summed E-state index contributed by atoms with van der Waals surface area (Å²) in [5, 5.41) is 2.94. The minimum atomic E-state index is -3.45. The average molecular weight is 367 g/mol. The molecule has 1 aromatic rings. The maximum Gasteiger partial charge on any atom is 0.244 e. The number of nitrogens with one attached hydrogen (secondary N) is 1. The molecule has 0 aromatic heterocycles. The van der Waals surface area contributed by atoms with E-state index in [2.05, 4.69) is 19.2 Å². The molecular weight excluding hydrogens is 336 g/mol. The zero-order valence-electron chi connectivity index (χ0n) is 15.8. The van der Waals surface area contributed by atoms with Gasteiger partial charge in [0, 0.05) is 25.2 Å². The molecular formula is C19H30N2O3S. The maximum atomic E-state index is 12.4. The van der Waals surface area contributed by atoms with Crippen molar-refractivity contribution in [2.75, 3.05) is 13.1 Å². The molecule has 0 spiro atoms. The van der Waals surface area contributed by atoms with Crippen LogP contribution in [-0.4, -0.2) is 37.8 Å². The fourth-order valence-electron chi connectivity index (χ4n) is 2.40. The SMILES string of the molecule is CCC(C)C(C)NC(=O)C=Cc1ccc(S(=O)(=O)N(CC)CC)cc1.